The summed E-state index contributed by atoms with van der Waals surface area (Å²) in [6.45, 7) is 3.12. The highest BCUT2D eigenvalue weighted by atomic mass is 79.9. The zero-order valence-corrected chi connectivity index (χ0v) is 15.7. The Morgan fingerprint density at radius 3 is 2.52 bits per heavy atom. The second-order valence-electron chi connectivity index (χ2n) is 5.47. The number of hydrogen-bond donors (Lipinski definition) is 1. The number of benzene rings is 2. The first-order valence-corrected chi connectivity index (χ1v) is 8.49. The molecule has 0 bridgehead atoms. The first-order chi connectivity index (χ1) is 9.95. The maximum absolute atomic E-state index is 3.63. The quantitative estimate of drug-likeness (QED) is 0.703. The molecule has 21 heavy (non-hydrogen) atoms. The maximum atomic E-state index is 3.63. The van der Waals surface area contributed by atoms with Crippen LogP contribution in [-0.4, -0.2) is 19.0 Å². The van der Waals surface area contributed by atoms with E-state index in [0.29, 0.717) is 0 Å². The molecule has 1 atom stereocenters. The Kier molecular flexibility index (Phi) is 5.85. The standard InChI is InChI=1S/C17H20Br2N2/c1-12(16-8-7-14(18)10-17(16)19)20-15-6-4-5-13(9-15)11-21(2)3/h4-10,12,20H,11H2,1-3H3. The molecule has 0 radical (unpaired) electrons. The van der Waals surface area contributed by atoms with Crippen molar-refractivity contribution in [3.8, 4) is 0 Å². The Balaban J connectivity index is 2.13. The Bertz CT molecular complexity index is 611. The predicted molar refractivity (Wildman–Crippen MR) is 97.7 cm³/mol. The third-order valence-corrected chi connectivity index (χ3v) is 4.42. The minimum atomic E-state index is 0.238. The molecule has 0 aromatic heterocycles. The van der Waals surface area contributed by atoms with Crippen molar-refractivity contribution < 1.29 is 0 Å². The SMILES string of the molecule is CC(Nc1cccc(CN(C)C)c1)c1ccc(Br)cc1Br. The van der Waals surface area contributed by atoms with Crippen molar-refractivity contribution in [2.45, 2.75) is 19.5 Å². The number of anilines is 1. The third-order valence-electron chi connectivity index (χ3n) is 3.24. The molecule has 0 spiro atoms. The van der Waals surface area contributed by atoms with Crippen LogP contribution in [0.3, 0.4) is 0 Å². The Hall–Kier alpha value is -0.840. The lowest BCUT2D eigenvalue weighted by atomic mass is 10.1. The molecule has 0 aliphatic carbocycles. The summed E-state index contributed by atoms with van der Waals surface area (Å²) in [6.07, 6.45) is 0. The van der Waals surface area contributed by atoms with Gasteiger partial charge in [0.05, 0.1) is 0 Å². The number of rotatable bonds is 5. The first-order valence-electron chi connectivity index (χ1n) is 6.91. The molecule has 0 saturated heterocycles. The van der Waals surface area contributed by atoms with Gasteiger partial charge in [-0.25, -0.2) is 0 Å². The van der Waals surface area contributed by atoms with Crippen LogP contribution in [0.4, 0.5) is 5.69 Å². The largest absolute Gasteiger partial charge is 0.378 e. The van der Waals surface area contributed by atoms with Gasteiger partial charge in [-0.05, 0) is 56.4 Å². The Morgan fingerprint density at radius 1 is 1.10 bits per heavy atom. The van der Waals surface area contributed by atoms with Crippen LogP contribution in [0.1, 0.15) is 24.1 Å². The number of hydrogen-bond acceptors (Lipinski definition) is 2. The van der Waals surface area contributed by atoms with Crippen molar-refractivity contribution >= 4 is 37.5 Å². The molecule has 112 valence electrons. The number of nitrogens with zero attached hydrogens (tertiary/aromatic N) is 1. The van der Waals surface area contributed by atoms with Crippen LogP contribution in [0.5, 0.6) is 0 Å². The van der Waals surface area contributed by atoms with Gasteiger partial charge in [0.15, 0.2) is 0 Å². The molecule has 0 aliphatic heterocycles. The second-order valence-corrected chi connectivity index (χ2v) is 7.24. The highest BCUT2D eigenvalue weighted by Gasteiger charge is 2.10. The van der Waals surface area contributed by atoms with E-state index in [4.69, 9.17) is 0 Å². The zero-order valence-electron chi connectivity index (χ0n) is 12.5. The summed E-state index contributed by atoms with van der Waals surface area (Å²) < 4.78 is 2.19. The molecule has 0 heterocycles. The molecule has 2 rings (SSSR count). The summed E-state index contributed by atoms with van der Waals surface area (Å²) in [5, 5.41) is 3.57. The molecule has 0 aliphatic rings. The average Bonchev–Trinajstić information content (AvgIpc) is 2.37. The van der Waals surface area contributed by atoms with Gasteiger partial charge in [0.1, 0.15) is 0 Å². The number of halogens is 2. The van der Waals surface area contributed by atoms with Crippen LogP contribution in [0.25, 0.3) is 0 Å². The van der Waals surface area contributed by atoms with Crippen molar-refractivity contribution in [1.29, 1.82) is 0 Å². The summed E-state index contributed by atoms with van der Waals surface area (Å²) in [4.78, 5) is 2.17. The van der Waals surface area contributed by atoms with Gasteiger partial charge in [-0.3, -0.25) is 0 Å². The van der Waals surface area contributed by atoms with E-state index < -0.39 is 0 Å². The smallest absolute Gasteiger partial charge is 0.0496 e. The summed E-state index contributed by atoms with van der Waals surface area (Å²) in [7, 11) is 4.17. The van der Waals surface area contributed by atoms with E-state index in [-0.39, 0.29) is 6.04 Å². The fourth-order valence-corrected chi connectivity index (χ4v) is 3.70. The summed E-state index contributed by atoms with van der Waals surface area (Å²) in [5.41, 5.74) is 3.71. The van der Waals surface area contributed by atoms with Crippen molar-refractivity contribution in [1.82, 2.24) is 4.90 Å². The number of nitrogens with one attached hydrogen (secondary N) is 1. The maximum Gasteiger partial charge on any atom is 0.0496 e. The molecule has 2 nitrogen and oxygen atoms in total. The van der Waals surface area contributed by atoms with Crippen molar-refractivity contribution in [2.75, 3.05) is 19.4 Å². The van der Waals surface area contributed by atoms with Crippen LogP contribution in [-0.2, 0) is 6.54 Å². The minimum Gasteiger partial charge on any atom is -0.378 e. The van der Waals surface area contributed by atoms with Gasteiger partial charge in [0.2, 0.25) is 0 Å². The topological polar surface area (TPSA) is 15.3 Å². The lowest BCUT2D eigenvalue weighted by Crippen LogP contribution is -2.11. The lowest BCUT2D eigenvalue weighted by Gasteiger charge is -2.18. The first kappa shape index (κ1) is 16.5. The van der Waals surface area contributed by atoms with Crippen molar-refractivity contribution in [3.63, 3.8) is 0 Å². The summed E-state index contributed by atoms with van der Waals surface area (Å²) >= 11 is 7.12. The van der Waals surface area contributed by atoms with E-state index in [1.165, 1.54) is 11.1 Å². The second kappa shape index (κ2) is 7.43. The molecule has 0 saturated carbocycles. The Morgan fingerprint density at radius 2 is 1.86 bits per heavy atom. The van der Waals surface area contributed by atoms with Gasteiger partial charge >= 0.3 is 0 Å². The molecule has 1 unspecified atom stereocenters. The fraction of sp³-hybridized carbons (Fsp3) is 0.294. The van der Waals surface area contributed by atoms with E-state index in [2.05, 4.69) is 106 Å². The highest BCUT2D eigenvalue weighted by molar-refractivity contribution is 9.11. The monoisotopic (exact) mass is 410 g/mol. The van der Waals surface area contributed by atoms with Gasteiger partial charge in [-0.1, -0.05) is 50.1 Å². The summed E-state index contributed by atoms with van der Waals surface area (Å²) in [6, 6.07) is 15.1. The molecule has 0 amide bonds. The lowest BCUT2D eigenvalue weighted by molar-refractivity contribution is 0.402. The van der Waals surface area contributed by atoms with Crippen LogP contribution >= 0.6 is 31.9 Å². The van der Waals surface area contributed by atoms with E-state index in [1.807, 2.05) is 0 Å². The molecule has 1 N–H and O–H groups in total. The van der Waals surface area contributed by atoms with Crippen LogP contribution in [0, 0.1) is 0 Å². The molecular weight excluding hydrogens is 392 g/mol. The molecular formula is C17H20Br2N2. The van der Waals surface area contributed by atoms with Gasteiger partial charge < -0.3 is 10.2 Å². The Labute approximate surface area is 143 Å². The third kappa shape index (κ3) is 4.83. The average molecular weight is 412 g/mol. The van der Waals surface area contributed by atoms with Gasteiger partial charge in [-0.2, -0.15) is 0 Å². The molecule has 0 fully saturated rings. The van der Waals surface area contributed by atoms with Crippen molar-refractivity contribution in [3.05, 3.63) is 62.5 Å². The predicted octanol–water partition coefficient (Wildman–Crippen LogP) is 5.45. The van der Waals surface area contributed by atoms with Crippen LogP contribution < -0.4 is 5.32 Å². The van der Waals surface area contributed by atoms with E-state index in [1.54, 1.807) is 0 Å². The van der Waals surface area contributed by atoms with E-state index in [0.717, 1.165) is 21.2 Å². The van der Waals surface area contributed by atoms with Gasteiger partial charge in [-0.15, -0.1) is 0 Å². The van der Waals surface area contributed by atoms with Crippen LogP contribution in [0.15, 0.2) is 51.4 Å². The molecule has 2 aromatic carbocycles. The normalized spacial score (nSPS) is 12.5. The van der Waals surface area contributed by atoms with Gasteiger partial charge in [0.25, 0.3) is 0 Å². The van der Waals surface area contributed by atoms with E-state index in [9.17, 15) is 0 Å². The molecule has 4 heteroatoms. The summed E-state index contributed by atoms with van der Waals surface area (Å²) in [5.74, 6) is 0. The van der Waals surface area contributed by atoms with Crippen molar-refractivity contribution in [2.24, 2.45) is 0 Å². The highest BCUT2D eigenvalue weighted by Crippen LogP contribution is 2.29. The fourth-order valence-electron chi connectivity index (χ4n) is 2.31. The van der Waals surface area contributed by atoms with Crippen LogP contribution in [0.2, 0.25) is 0 Å². The van der Waals surface area contributed by atoms with Gasteiger partial charge in [0, 0.05) is 27.2 Å². The molecule has 2 aromatic rings. The van der Waals surface area contributed by atoms with E-state index >= 15 is 0 Å². The minimum absolute atomic E-state index is 0.238. The zero-order chi connectivity index (χ0) is 15.4.